The molecule has 112 valence electrons. The van der Waals surface area contributed by atoms with E-state index in [9.17, 15) is 18.0 Å². The molecule has 20 heavy (non-hydrogen) atoms. The summed E-state index contributed by atoms with van der Waals surface area (Å²) in [7, 11) is 1.50. The molecule has 0 spiro atoms. The fourth-order valence-corrected chi connectivity index (χ4v) is 1.56. The molecule has 1 aromatic rings. The molecule has 1 rings (SSSR count). The molecule has 0 aliphatic heterocycles. The van der Waals surface area contributed by atoms with Gasteiger partial charge in [0.05, 0.1) is 24.1 Å². The van der Waals surface area contributed by atoms with Crippen LogP contribution in [0.1, 0.15) is 19.0 Å². The van der Waals surface area contributed by atoms with Crippen molar-refractivity contribution in [3.63, 3.8) is 0 Å². The summed E-state index contributed by atoms with van der Waals surface area (Å²) in [6.45, 7) is 2.35. The van der Waals surface area contributed by atoms with E-state index >= 15 is 0 Å². The topological polar surface area (TPSA) is 71.2 Å². The predicted octanol–water partition coefficient (Wildman–Crippen LogP) is 1.64. The first-order valence-electron chi connectivity index (χ1n) is 6.06. The Kier molecular flexibility index (Phi) is 5.18. The van der Waals surface area contributed by atoms with E-state index in [1.54, 1.807) is 0 Å². The lowest BCUT2D eigenvalue weighted by molar-refractivity contribution is -0.141. The number of halogens is 3. The van der Waals surface area contributed by atoms with E-state index < -0.39 is 11.9 Å². The molecule has 0 unspecified atom stereocenters. The minimum Gasteiger partial charge on any atom is -0.396 e. The maximum atomic E-state index is 12.6. The largest absolute Gasteiger partial charge is 0.433 e. The standard InChI is InChI=1S/C12H17F3N4O/c1-3-4-17-11(20)7-19(2)9-5-10(12(13,14)15)18-6-8(9)16/h5-6H,3-4,7,16H2,1-2H3,(H,17,20). The van der Waals surface area contributed by atoms with Gasteiger partial charge in [-0.2, -0.15) is 13.2 Å². The number of alkyl halides is 3. The first kappa shape index (κ1) is 16.1. The highest BCUT2D eigenvalue weighted by atomic mass is 19.4. The fourth-order valence-electron chi connectivity index (χ4n) is 1.56. The summed E-state index contributed by atoms with van der Waals surface area (Å²) in [5.41, 5.74) is 4.78. The van der Waals surface area contributed by atoms with Crippen molar-refractivity contribution in [3.05, 3.63) is 18.0 Å². The number of amides is 1. The number of aromatic nitrogens is 1. The van der Waals surface area contributed by atoms with E-state index in [0.717, 1.165) is 18.7 Å². The van der Waals surface area contributed by atoms with Crippen LogP contribution in [-0.2, 0) is 11.0 Å². The first-order valence-corrected chi connectivity index (χ1v) is 6.06. The summed E-state index contributed by atoms with van der Waals surface area (Å²) in [6.07, 6.45) is -2.82. The molecule has 3 N–H and O–H groups in total. The average molecular weight is 290 g/mol. The van der Waals surface area contributed by atoms with Gasteiger partial charge >= 0.3 is 6.18 Å². The lowest BCUT2D eigenvalue weighted by atomic mass is 10.2. The zero-order valence-corrected chi connectivity index (χ0v) is 11.3. The molecule has 1 aromatic heterocycles. The Hall–Kier alpha value is -1.99. The molecule has 0 bridgehead atoms. The Bertz CT molecular complexity index is 476. The Morgan fingerprint density at radius 1 is 1.50 bits per heavy atom. The van der Waals surface area contributed by atoms with E-state index in [-0.39, 0.29) is 23.8 Å². The molecule has 1 heterocycles. The number of nitrogens with two attached hydrogens (primary N) is 1. The normalized spacial score (nSPS) is 11.2. The second-order valence-corrected chi connectivity index (χ2v) is 4.33. The zero-order chi connectivity index (χ0) is 15.3. The van der Waals surface area contributed by atoms with Gasteiger partial charge in [0.15, 0.2) is 0 Å². The van der Waals surface area contributed by atoms with Gasteiger partial charge < -0.3 is 16.0 Å². The number of anilines is 2. The molecular formula is C12H17F3N4O. The summed E-state index contributed by atoms with van der Waals surface area (Å²) < 4.78 is 37.8. The third kappa shape index (κ3) is 4.29. The Balaban J connectivity index is 2.87. The number of hydrogen-bond acceptors (Lipinski definition) is 4. The number of hydrogen-bond donors (Lipinski definition) is 2. The SMILES string of the molecule is CCCNC(=O)CN(C)c1cc(C(F)(F)F)ncc1N. The maximum Gasteiger partial charge on any atom is 0.433 e. The van der Waals surface area contributed by atoms with E-state index in [0.29, 0.717) is 6.54 Å². The maximum absolute atomic E-state index is 12.6. The predicted molar refractivity (Wildman–Crippen MR) is 70.2 cm³/mol. The molecule has 0 aliphatic carbocycles. The van der Waals surface area contributed by atoms with Crippen LogP contribution in [0.25, 0.3) is 0 Å². The number of likely N-dealkylation sites (N-methyl/N-ethyl adjacent to an activating group) is 1. The van der Waals surface area contributed by atoms with Gasteiger partial charge in [-0.15, -0.1) is 0 Å². The van der Waals surface area contributed by atoms with Gasteiger partial charge in [0.2, 0.25) is 5.91 Å². The first-order chi connectivity index (χ1) is 9.25. The van der Waals surface area contributed by atoms with Crippen LogP contribution >= 0.6 is 0 Å². The minimum atomic E-state index is -4.55. The summed E-state index contributed by atoms with van der Waals surface area (Å²) in [6, 6.07) is 0.836. The van der Waals surface area contributed by atoms with Crippen LogP contribution in [0, 0.1) is 0 Å². The van der Waals surface area contributed by atoms with Gasteiger partial charge in [-0.05, 0) is 12.5 Å². The Labute approximate surface area is 115 Å². The number of nitrogens with one attached hydrogen (secondary N) is 1. The van der Waals surface area contributed by atoms with E-state index in [1.165, 1.54) is 11.9 Å². The quantitative estimate of drug-likeness (QED) is 0.865. The fraction of sp³-hybridized carbons (Fsp3) is 0.500. The second-order valence-electron chi connectivity index (χ2n) is 4.33. The van der Waals surface area contributed by atoms with E-state index in [1.807, 2.05) is 6.92 Å². The number of pyridine rings is 1. The van der Waals surface area contributed by atoms with Crippen LogP contribution in [0.3, 0.4) is 0 Å². The zero-order valence-electron chi connectivity index (χ0n) is 11.3. The highest BCUT2D eigenvalue weighted by Gasteiger charge is 2.33. The van der Waals surface area contributed by atoms with Crippen LogP contribution in [0.15, 0.2) is 12.3 Å². The van der Waals surface area contributed by atoms with Gasteiger partial charge in [0.1, 0.15) is 5.69 Å². The van der Waals surface area contributed by atoms with Gasteiger partial charge in [0.25, 0.3) is 0 Å². The van der Waals surface area contributed by atoms with Crippen LogP contribution < -0.4 is 16.0 Å². The molecule has 5 nitrogen and oxygen atoms in total. The Morgan fingerprint density at radius 3 is 2.70 bits per heavy atom. The van der Waals surface area contributed by atoms with Gasteiger partial charge in [-0.3, -0.25) is 4.79 Å². The van der Waals surface area contributed by atoms with Crippen molar-refractivity contribution in [2.24, 2.45) is 0 Å². The second kappa shape index (κ2) is 6.44. The molecule has 0 aliphatic rings. The third-order valence-corrected chi connectivity index (χ3v) is 2.57. The number of carbonyl (C=O) groups is 1. The minimum absolute atomic E-state index is 0.0779. The van der Waals surface area contributed by atoms with E-state index in [2.05, 4.69) is 10.3 Å². The summed E-state index contributed by atoms with van der Waals surface area (Å²) >= 11 is 0. The molecule has 0 saturated carbocycles. The molecule has 0 aromatic carbocycles. The van der Waals surface area contributed by atoms with Gasteiger partial charge in [0, 0.05) is 13.6 Å². The molecule has 1 amide bonds. The van der Waals surface area contributed by atoms with Crippen molar-refractivity contribution < 1.29 is 18.0 Å². The van der Waals surface area contributed by atoms with Crippen molar-refractivity contribution in [2.45, 2.75) is 19.5 Å². The highest BCUT2D eigenvalue weighted by Crippen LogP contribution is 2.32. The number of carbonyl (C=O) groups excluding carboxylic acids is 1. The van der Waals surface area contributed by atoms with Crippen LogP contribution in [0.4, 0.5) is 24.5 Å². The average Bonchev–Trinajstić information content (AvgIpc) is 2.35. The van der Waals surface area contributed by atoms with Crippen molar-refractivity contribution in [2.75, 3.05) is 30.8 Å². The molecule has 0 saturated heterocycles. The van der Waals surface area contributed by atoms with Crippen LogP contribution in [0.5, 0.6) is 0 Å². The lowest BCUT2D eigenvalue weighted by Crippen LogP contribution is -2.35. The Morgan fingerprint density at radius 2 is 2.15 bits per heavy atom. The number of nitrogens with zero attached hydrogens (tertiary/aromatic N) is 2. The molecule has 8 heteroatoms. The molecule has 0 atom stereocenters. The number of nitrogen functional groups attached to an aromatic ring is 1. The molecule has 0 radical (unpaired) electrons. The van der Waals surface area contributed by atoms with Crippen molar-refractivity contribution in [3.8, 4) is 0 Å². The highest BCUT2D eigenvalue weighted by molar-refractivity contribution is 5.82. The smallest absolute Gasteiger partial charge is 0.396 e. The number of rotatable bonds is 5. The van der Waals surface area contributed by atoms with Crippen molar-refractivity contribution in [1.82, 2.24) is 10.3 Å². The monoisotopic (exact) mass is 290 g/mol. The van der Waals surface area contributed by atoms with Gasteiger partial charge in [-0.1, -0.05) is 6.92 Å². The summed E-state index contributed by atoms with van der Waals surface area (Å²) in [5, 5.41) is 2.64. The van der Waals surface area contributed by atoms with Gasteiger partial charge in [-0.25, -0.2) is 4.98 Å². The molecular weight excluding hydrogens is 273 g/mol. The third-order valence-electron chi connectivity index (χ3n) is 2.57. The van der Waals surface area contributed by atoms with Crippen LogP contribution in [0.2, 0.25) is 0 Å². The lowest BCUT2D eigenvalue weighted by Gasteiger charge is -2.21. The van der Waals surface area contributed by atoms with Crippen molar-refractivity contribution >= 4 is 17.3 Å². The summed E-state index contributed by atoms with van der Waals surface area (Å²) in [4.78, 5) is 16.1. The van der Waals surface area contributed by atoms with Crippen molar-refractivity contribution in [1.29, 1.82) is 0 Å². The van der Waals surface area contributed by atoms with Crippen LogP contribution in [-0.4, -0.2) is 31.0 Å². The van der Waals surface area contributed by atoms with E-state index in [4.69, 9.17) is 5.73 Å². The summed E-state index contributed by atoms with van der Waals surface area (Å²) in [5.74, 6) is -0.279. The molecule has 0 fully saturated rings.